The topological polar surface area (TPSA) is 76.1 Å². The average Bonchev–Trinajstić information content (AvgIpc) is 3.16. The molecule has 1 unspecified atom stereocenters. The smallest absolute Gasteiger partial charge is 0.242 e. The van der Waals surface area contributed by atoms with Crippen molar-refractivity contribution in [2.45, 2.75) is 16.5 Å². The van der Waals surface area contributed by atoms with Crippen LogP contribution in [0.5, 0.6) is 5.75 Å². The van der Waals surface area contributed by atoms with Crippen molar-refractivity contribution >= 4 is 39.8 Å². The van der Waals surface area contributed by atoms with Crippen molar-refractivity contribution in [3.8, 4) is 5.75 Å². The number of carbonyl (C=O) groups excluding carboxylic acids is 1. The molecule has 0 radical (unpaired) electrons. The summed E-state index contributed by atoms with van der Waals surface area (Å²) in [6.45, 7) is 2.44. The van der Waals surface area contributed by atoms with Crippen molar-refractivity contribution in [3.63, 3.8) is 0 Å². The largest absolute Gasteiger partial charge is 0.492 e. The van der Waals surface area contributed by atoms with E-state index < -0.39 is 5.25 Å². The van der Waals surface area contributed by atoms with Gasteiger partial charge in [-0.3, -0.25) is 4.79 Å². The maximum absolute atomic E-state index is 13.1. The van der Waals surface area contributed by atoms with Gasteiger partial charge < -0.3 is 15.4 Å². The standard InChI is InChI=1S/C19H20N4O2S2/c1-3-25-15-12-8-7-11-14(15)21-17(24)16(13-9-5-4-6-10-13)26-19-23-22-18(20-2)27-19/h4-12,16H,3H2,1-2H3,(H,20,22)(H,21,24). The number of carbonyl (C=O) groups is 1. The van der Waals surface area contributed by atoms with Gasteiger partial charge in [-0.2, -0.15) is 0 Å². The zero-order chi connectivity index (χ0) is 19.1. The van der Waals surface area contributed by atoms with Gasteiger partial charge in [-0.25, -0.2) is 0 Å². The van der Waals surface area contributed by atoms with E-state index in [1.807, 2.05) is 61.5 Å². The van der Waals surface area contributed by atoms with Crippen molar-refractivity contribution in [1.82, 2.24) is 10.2 Å². The third kappa shape index (κ3) is 4.99. The predicted molar refractivity (Wildman–Crippen MR) is 111 cm³/mol. The molecule has 0 aliphatic rings. The molecule has 1 atom stereocenters. The van der Waals surface area contributed by atoms with E-state index in [1.165, 1.54) is 23.1 Å². The van der Waals surface area contributed by atoms with Gasteiger partial charge in [0.2, 0.25) is 11.0 Å². The Bertz CT molecular complexity index is 886. The van der Waals surface area contributed by atoms with Crippen LogP contribution < -0.4 is 15.4 Å². The monoisotopic (exact) mass is 400 g/mol. The first-order valence-electron chi connectivity index (χ1n) is 8.46. The summed E-state index contributed by atoms with van der Waals surface area (Å²) in [7, 11) is 1.79. The van der Waals surface area contributed by atoms with Crippen LogP contribution in [0.1, 0.15) is 17.7 Å². The van der Waals surface area contributed by atoms with Crippen LogP contribution in [-0.2, 0) is 4.79 Å². The molecular weight excluding hydrogens is 380 g/mol. The molecule has 0 fully saturated rings. The second-order valence-corrected chi connectivity index (χ2v) is 7.78. The first kappa shape index (κ1) is 19.2. The van der Waals surface area contributed by atoms with Crippen LogP contribution in [0.25, 0.3) is 0 Å². The molecule has 0 bridgehead atoms. The fourth-order valence-electron chi connectivity index (χ4n) is 2.41. The Kier molecular flexibility index (Phi) is 6.67. The summed E-state index contributed by atoms with van der Waals surface area (Å²) in [6.07, 6.45) is 0. The number of nitrogens with zero attached hydrogens (tertiary/aromatic N) is 2. The van der Waals surface area contributed by atoms with Crippen molar-refractivity contribution in [3.05, 3.63) is 60.2 Å². The highest BCUT2D eigenvalue weighted by Gasteiger charge is 2.24. The molecule has 1 amide bonds. The predicted octanol–water partition coefficient (Wildman–Crippen LogP) is 4.45. The molecular formula is C19H20N4O2S2. The van der Waals surface area contributed by atoms with Gasteiger partial charge in [-0.15, -0.1) is 10.2 Å². The molecule has 3 aromatic rings. The third-order valence-corrected chi connectivity index (χ3v) is 5.90. The quantitative estimate of drug-likeness (QED) is 0.544. The number of benzene rings is 2. The van der Waals surface area contributed by atoms with Gasteiger partial charge in [0, 0.05) is 7.05 Å². The van der Waals surface area contributed by atoms with Gasteiger partial charge in [0.15, 0.2) is 4.34 Å². The van der Waals surface area contributed by atoms with Gasteiger partial charge >= 0.3 is 0 Å². The third-order valence-electron chi connectivity index (χ3n) is 3.62. The second-order valence-electron chi connectivity index (χ2n) is 5.45. The molecule has 1 heterocycles. The molecule has 6 nitrogen and oxygen atoms in total. The van der Waals surface area contributed by atoms with E-state index in [0.717, 1.165) is 9.90 Å². The molecule has 2 N–H and O–H groups in total. The number of aromatic nitrogens is 2. The van der Waals surface area contributed by atoms with Gasteiger partial charge in [0.05, 0.1) is 12.3 Å². The van der Waals surface area contributed by atoms with E-state index in [1.54, 1.807) is 7.05 Å². The summed E-state index contributed by atoms with van der Waals surface area (Å²) in [6, 6.07) is 17.1. The van der Waals surface area contributed by atoms with E-state index in [4.69, 9.17) is 4.74 Å². The zero-order valence-corrected chi connectivity index (χ0v) is 16.6. The zero-order valence-electron chi connectivity index (χ0n) is 15.0. The Morgan fingerprint density at radius 1 is 1.15 bits per heavy atom. The Labute approximate surface area is 166 Å². The molecule has 3 rings (SSSR count). The number of para-hydroxylation sites is 2. The molecule has 8 heteroatoms. The number of amides is 1. The van der Waals surface area contributed by atoms with Gasteiger partial charge in [-0.05, 0) is 24.6 Å². The lowest BCUT2D eigenvalue weighted by Gasteiger charge is -2.17. The number of ether oxygens (including phenoxy) is 1. The number of hydrogen-bond acceptors (Lipinski definition) is 7. The van der Waals surface area contributed by atoms with Crippen LogP contribution in [0.15, 0.2) is 58.9 Å². The van der Waals surface area contributed by atoms with E-state index in [0.29, 0.717) is 23.2 Å². The summed E-state index contributed by atoms with van der Waals surface area (Å²) in [5.74, 6) is 0.512. The SMILES string of the molecule is CCOc1ccccc1NC(=O)C(Sc1nnc(NC)s1)c1ccccc1. The molecule has 0 saturated carbocycles. The Hall–Kier alpha value is -2.58. The average molecular weight is 401 g/mol. The fourth-order valence-corrected chi connectivity index (χ4v) is 4.31. The Balaban J connectivity index is 1.85. The molecule has 0 saturated heterocycles. The maximum Gasteiger partial charge on any atom is 0.242 e. The number of anilines is 2. The first-order valence-corrected chi connectivity index (χ1v) is 10.2. The minimum absolute atomic E-state index is 0.139. The Morgan fingerprint density at radius 3 is 2.59 bits per heavy atom. The molecule has 0 aliphatic heterocycles. The minimum atomic E-state index is -0.460. The highest BCUT2D eigenvalue weighted by Crippen LogP contribution is 2.39. The lowest BCUT2D eigenvalue weighted by molar-refractivity contribution is -0.115. The molecule has 0 aliphatic carbocycles. The van der Waals surface area contributed by atoms with Crippen LogP contribution in [-0.4, -0.2) is 29.8 Å². The maximum atomic E-state index is 13.1. The molecule has 1 aromatic heterocycles. The lowest BCUT2D eigenvalue weighted by Crippen LogP contribution is -2.19. The summed E-state index contributed by atoms with van der Waals surface area (Å²) < 4.78 is 6.33. The van der Waals surface area contributed by atoms with Crippen LogP contribution in [0, 0.1) is 0 Å². The number of hydrogen-bond donors (Lipinski definition) is 2. The van der Waals surface area contributed by atoms with Gasteiger partial charge in [0.1, 0.15) is 11.0 Å². The molecule has 140 valence electrons. The summed E-state index contributed by atoms with van der Waals surface area (Å²) in [5, 5.41) is 14.4. The van der Waals surface area contributed by atoms with E-state index in [2.05, 4.69) is 20.8 Å². The summed E-state index contributed by atoms with van der Waals surface area (Å²) in [5.41, 5.74) is 1.55. The van der Waals surface area contributed by atoms with E-state index >= 15 is 0 Å². The number of rotatable bonds is 8. The fraction of sp³-hybridized carbons (Fsp3) is 0.211. The number of thioether (sulfide) groups is 1. The molecule has 2 aromatic carbocycles. The summed E-state index contributed by atoms with van der Waals surface area (Å²) >= 11 is 2.79. The highest BCUT2D eigenvalue weighted by molar-refractivity contribution is 8.02. The van der Waals surface area contributed by atoms with Crippen molar-refractivity contribution < 1.29 is 9.53 Å². The first-order chi connectivity index (χ1) is 13.2. The lowest BCUT2D eigenvalue weighted by atomic mass is 10.1. The normalized spacial score (nSPS) is 11.6. The molecule has 27 heavy (non-hydrogen) atoms. The van der Waals surface area contributed by atoms with Crippen molar-refractivity contribution in [1.29, 1.82) is 0 Å². The van der Waals surface area contributed by atoms with Crippen molar-refractivity contribution in [2.24, 2.45) is 0 Å². The Morgan fingerprint density at radius 2 is 1.89 bits per heavy atom. The number of nitrogens with one attached hydrogen (secondary N) is 2. The van der Waals surface area contributed by atoms with Crippen molar-refractivity contribution in [2.75, 3.05) is 24.3 Å². The van der Waals surface area contributed by atoms with Crippen LogP contribution in [0.2, 0.25) is 0 Å². The summed E-state index contributed by atoms with van der Waals surface area (Å²) in [4.78, 5) is 13.1. The van der Waals surface area contributed by atoms with Gasteiger partial charge in [0.25, 0.3) is 0 Å². The van der Waals surface area contributed by atoms with Gasteiger partial charge in [-0.1, -0.05) is 65.6 Å². The second kappa shape index (κ2) is 9.38. The molecule has 0 spiro atoms. The van der Waals surface area contributed by atoms with Crippen LogP contribution in [0.3, 0.4) is 0 Å². The van der Waals surface area contributed by atoms with E-state index in [9.17, 15) is 4.79 Å². The van der Waals surface area contributed by atoms with Crippen LogP contribution >= 0.6 is 23.1 Å². The highest BCUT2D eigenvalue weighted by atomic mass is 32.2. The van der Waals surface area contributed by atoms with E-state index in [-0.39, 0.29) is 5.91 Å². The van der Waals surface area contributed by atoms with Crippen LogP contribution in [0.4, 0.5) is 10.8 Å². The minimum Gasteiger partial charge on any atom is -0.492 e.